The molecule has 64 heavy (non-hydrogen) atoms. The number of pyridine rings is 2. The number of aromatic nitrogens is 6. The molecule has 0 spiro atoms. The van der Waals surface area contributed by atoms with Crippen LogP contribution in [0, 0.1) is 34.1 Å². The smallest absolute Gasteiger partial charge is 0.269 e. The number of aliphatic hydroxyl groups excluding tert-OH is 1. The SMILES string of the molecule is C[C@@H](O)CNC(=O)c1cccc([C@@]23CC(c4ccc(F)c(-c5cc6c(nn5)[C@]5(c7cccc(C(N)=O)n7)CC[C@H]6C5(C)C)c4F)[C@@H](c4cc(-c5c(F)cccc5F)nnc42)C3(C)C)n1. The summed E-state index contributed by atoms with van der Waals surface area (Å²) in [5.74, 6) is -5.77. The molecule has 4 bridgehead atoms. The highest BCUT2D eigenvalue weighted by Crippen LogP contribution is 2.74. The Labute approximate surface area is 366 Å². The van der Waals surface area contributed by atoms with Gasteiger partial charge in [-0.2, -0.15) is 10.2 Å². The van der Waals surface area contributed by atoms with Crippen LogP contribution in [-0.4, -0.2) is 59.9 Å². The summed E-state index contributed by atoms with van der Waals surface area (Å²) in [6.45, 7) is 9.74. The predicted molar refractivity (Wildman–Crippen MR) is 227 cm³/mol. The van der Waals surface area contributed by atoms with Crippen molar-refractivity contribution in [2.45, 2.75) is 88.6 Å². The number of halogens is 4. The number of hydrogen-bond acceptors (Lipinski definition) is 9. The van der Waals surface area contributed by atoms with Gasteiger partial charge in [0.25, 0.3) is 11.8 Å². The summed E-state index contributed by atoms with van der Waals surface area (Å²) in [6.07, 6.45) is 0.839. The van der Waals surface area contributed by atoms with Gasteiger partial charge in [0.1, 0.15) is 34.7 Å². The van der Waals surface area contributed by atoms with Crippen molar-refractivity contribution in [3.05, 3.63) is 153 Å². The van der Waals surface area contributed by atoms with E-state index >= 15 is 17.6 Å². The predicted octanol–water partition coefficient (Wildman–Crippen LogP) is 7.96. The maximum Gasteiger partial charge on any atom is 0.269 e. The van der Waals surface area contributed by atoms with Crippen molar-refractivity contribution >= 4 is 11.8 Å². The van der Waals surface area contributed by atoms with Gasteiger partial charge in [0.2, 0.25) is 0 Å². The van der Waals surface area contributed by atoms with E-state index in [-0.39, 0.29) is 58.3 Å². The molecular formula is C49H44F4N8O3. The Kier molecular flexibility index (Phi) is 9.25. The molecule has 4 aliphatic rings. The topological polar surface area (TPSA) is 170 Å². The minimum Gasteiger partial charge on any atom is -0.392 e. The number of nitrogens with one attached hydrogen (secondary N) is 1. The highest BCUT2D eigenvalue weighted by molar-refractivity contribution is 5.92. The Morgan fingerprint density at radius 1 is 0.734 bits per heavy atom. The Morgan fingerprint density at radius 3 is 1.98 bits per heavy atom. The lowest BCUT2D eigenvalue weighted by molar-refractivity contribution is 0.0917. The molecule has 2 aromatic carbocycles. The highest BCUT2D eigenvalue weighted by atomic mass is 19.1. The molecule has 4 heterocycles. The Bertz CT molecular complexity index is 2960. The zero-order chi connectivity index (χ0) is 45.2. The number of benzene rings is 2. The second-order valence-electron chi connectivity index (χ2n) is 18.9. The zero-order valence-electron chi connectivity index (χ0n) is 35.7. The van der Waals surface area contributed by atoms with Gasteiger partial charge in [0, 0.05) is 6.54 Å². The first kappa shape index (κ1) is 41.5. The second kappa shape index (κ2) is 14.3. The first-order chi connectivity index (χ1) is 30.4. The van der Waals surface area contributed by atoms with Crippen molar-refractivity contribution in [2.75, 3.05) is 6.54 Å². The summed E-state index contributed by atoms with van der Waals surface area (Å²) in [7, 11) is 0. The molecule has 2 amide bonds. The largest absolute Gasteiger partial charge is 0.392 e. The first-order valence-corrected chi connectivity index (χ1v) is 21.3. The van der Waals surface area contributed by atoms with Gasteiger partial charge in [0.05, 0.1) is 62.2 Å². The second-order valence-corrected chi connectivity index (χ2v) is 18.9. The van der Waals surface area contributed by atoms with Crippen LogP contribution in [0.2, 0.25) is 0 Å². The average Bonchev–Trinajstić information content (AvgIpc) is 3.82. The minimum absolute atomic E-state index is 0.00267. The van der Waals surface area contributed by atoms with Crippen molar-refractivity contribution < 1.29 is 32.3 Å². The summed E-state index contributed by atoms with van der Waals surface area (Å²) in [5.41, 5.74) is 5.73. The third kappa shape index (κ3) is 5.54. The third-order valence-electron chi connectivity index (χ3n) is 15.2. The number of primary amides is 1. The van der Waals surface area contributed by atoms with Crippen LogP contribution < -0.4 is 11.1 Å². The Morgan fingerprint density at radius 2 is 1.31 bits per heavy atom. The number of aliphatic hydroxyl groups is 1. The van der Waals surface area contributed by atoms with Gasteiger partial charge < -0.3 is 16.2 Å². The van der Waals surface area contributed by atoms with Gasteiger partial charge in [-0.25, -0.2) is 27.5 Å². The van der Waals surface area contributed by atoms with Gasteiger partial charge in [-0.15, -0.1) is 10.2 Å². The zero-order valence-corrected chi connectivity index (χ0v) is 35.7. The molecule has 10 rings (SSSR count). The summed E-state index contributed by atoms with van der Waals surface area (Å²) in [6, 6.07) is 19.7. The van der Waals surface area contributed by atoms with E-state index in [0.29, 0.717) is 34.8 Å². The van der Waals surface area contributed by atoms with E-state index in [4.69, 9.17) is 15.8 Å². The summed E-state index contributed by atoms with van der Waals surface area (Å²) >= 11 is 0. The molecule has 15 heteroatoms. The third-order valence-corrected chi connectivity index (χ3v) is 15.2. The minimum atomic E-state index is -1.12. The molecule has 11 nitrogen and oxygen atoms in total. The summed E-state index contributed by atoms with van der Waals surface area (Å²) in [5, 5.41) is 30.7. The van der Waals surface area contributed by atoms with Crippen molar-refractivity contribution in [1.82, 2.24) is 35.7 Å². The van der Waals surface area contributed by atoms with Crippen LogP contribution in [0.3, 0.4) is 0 Å². The van der Waals surface area contributed by atoms with Crippen LogP contribution in [0.5, 0.6) is 0 Å². The summed E-state index contributed by atoms with van der Waals surface area (Å²) < 4.78 is 64.6. The van der Waals surface area contributed by atoms with Crippen LogP contribution in [0.1, 0.15) is 132 Å². The average molecular weight is 869 g/mol. The number of fused-ring (bicyclic) bond motifs is 10. The van der Waals surface area contributed by atoms with Crippen molar-refractivity contribution in [2.24, 2.45) is 16.6 Å². The Balaban J connectivity index is 1.12. The number of carbonyl (C=O) groups excluding carboxylic acids is 2. The Hall–Kier alpha value is -6.48. The van der Waals surface area contributed by atoms with Gasteiger partial charge in [-0.3, -0.25) is 9.59 Å². The van der Waals surface area contributed by atoms with Crippen LogP contribution in [0.15, 0.2) is 78.9 Å². The van der Waals surface area contributed by atoms with Gasteiger partial charge in [-0.05, 0) is 126 Å². The molecule has 1 unspecified atom stereocenters. The number of nitrogens with zero attached hydrogens (tertiary/aromatic N) is 6. The van der Waals surface area contributed by atoms with Gasteiger partial charge in [0.15, 0.2) is 0 Å². The maximum atomic E-state index is 17.7. The first-order valence-electron chi connectivity index (χ1n) is 21.3. The van der Waals surface area contributed by atoms with Crippen LogP contribution >= 0.6 is 0 Å². The highest BCUT2D eigenvalue weighted by Gasteiger charge is 2.69. The van der Waals surface area contributed by atoms with Crippen LogP contribution in [0.4, 0.5) is 17.6 Å². The van der Waals surface area contributed by atoms with Crippen LogP contribution in [0.25, 0.3) is 22.5 Å². The fourth-order valence-corrected chi connectivity index (χ4v) is 12.2. The molecule has 0 aliphatic heterocycles. The molecule has 4 aromatic heterocycles. The maximum absolute atomic E-state index is 17.7. The van der Waals surface area contributed by atoms with E-state index in [1.54, 1.807) is 49.4 Å². The number of rotatable bonds is 9. The fraction of sp³-hybridized carbons (Fsp3) is 0.347. The van der Waals surface area contributed by atoms with E-state index < -0.39 is 74.7 Å². The van der Waals surface area contributed by atoms with Gasteiger partial charge in [-0.1, -0.05) is 52.0 Å². The van der Waals surface area contributed by atoms with E-state index in [1.165, 1.54) is 18.2 Å². The lowest BCUT2D eigenvalue weighted by Crippen LogP contribution is -2.38. The van der Waals surface area contributed by atoms with Crippen molar-refractivity contribution in [1.29, 1.82) is 0 Å². The normalized spacial score (nSPS) is 24.6. The number of amides is 2. The molecule has 326 valence electrons. The monoisotopic (exact) mass is 868 g/mol. The lowest BCUT2D eigenvalue weighted by atomic mass is 9.66. The van der Waals surface area contributed by atoms with Crippen molar-refractivity contribution in [3.8, 4) is 22.5 Å². The van der Waals surface area contributed by atoms with E-state index in [0.717, 1.165) is 24.1 Å². The molecule has 2 saturated carbocycles. The molecule has 0 radical (unpaired) electrons. The molecule has 4 aliphatic carbocycles. The number of carbonyl (C=O) groups is 2. The molecule has 6 aromatic rings. The number of hydrogen-bond donors (Lipinski definition) is 3. The fourth-order valence-electron chi connectivity index (χ4n) is 12.2. The van der Waals surface area contributed by atoms with Crippen molar-refractivity contribution in [3.63, 3.8) is 0 Å². The van der Waals surface area contributed by atoms with Gasteiger partial charge >= 0.3 is 0 Å². The molecular weight excluding hydrogens is 825 g/mol. The lowest BCUT2D eigenvalue weighted by Gasteiger charge is -2.37. The van der Waals surface area contributed by atoms with E-state index in [9.17, 15) is 14.7 Å². The van der Waals surface area contributed by atoms with E-state index in [1.807, 2.05) is 19.9 Å². The molecule has 2 fully saturated rings. The van der Waals surface area contributed by atoms with E-state index in [2.05, 4.69) is 39.4 Å². The molecule has 4 N–H and O–H groups in total. The molecule has 0 saturated heterocycles. The quantitative estimate of drug-likeness (QED) is 0.122. The number of nitrogens with two attached hydrogens (primary N) is 1. The summed E-state index contributed by atoms with van der Waals surface area (Å²) in [4.78, 5) is 35.0. The van der Waals surface area contributed by atoms with Crippen LogP contribution in [-0.2, 0) is 10.8 Å². The molecule has 6 atom stereocenters. The standard InChI is InChI=1S/C49H44F4N8O3/c1-23(62)22-55-45(64)33-12-8-14-37(57-33)49-21-27(40(47(49,4)5)26-20-34(58-61-43(26)49)38-29(50)9-6-10-30(38)51)24-15-16-31(52)39(41(24)53)35-19-25-28-17-18-48(46(28,2)3,42(25)60-59-35)36-13-7-11-32(56-36)44(54)63/h6-16,19-20,23,27-28,40,62H,17-18,21-22H2,1-5H3,(H2,54,63)(H,55,64)/t23-,27?,28-,40-,48-,49+/m1/s1.